The topological polar surface area (TPSA) is 110 Å². The molecule has 8 nitrogen and oxygen atoms in total. The van der Waals surface area contributed by atoms with Gasteiger partial charge in [0.2, 0.25) is 6.61 Å². The van der Waals surface area contributed by atoms with Crippen molar-refractivity contribution in [3.05, 3.63) is 59.7 Å². The number of esters is 1. The first-order valence-corrected chi connectivity index (χ1v) is 8.32. The number of ether oxygens (including phenoxy) is 2. The summed E-state index contributed by atoms with van der Waals surface area (Å²) in [6.45, 7) is 0.974. The summed E-state index contributed by atoms with van der Waals surface area (Å²) in [5.41, 5.74) is 1.42. The molecular formula is C20H19N3O5. The lowest BCUT2D eigenvalue weighted by atomic mass is 10.2. The van der Waals surface area contributed by atoms with Crippen molar-refractivity contribution in [2.45, 2.75) is 13.0 Å². The van der Waals surface area contributed by atoms with Gasteiger partial charge < -0.3 is 19.6 Å². The van der Waals surface area contributed by atoms with Crippen molar-refractivity contribution in [1.82, 2.24) is 0 Å². The van der Waals surface area contributed by atoms with E-state index in [-0.39, 0.29) is 0 Å². The molecular weight excluding hydrogens is 362 g/mol. The molecule has 0 aliphatic heterocycles. The van der Waals surface area contributed by atoms with Gasteiger partial charge in [-0.3, -0.25) is 4.79 Å². The highest BCUT2D eigenvalue weighted by atomic mass is 16.7. The van der Waals surface area contributed by atoms with Gasteiger partial charge in [-0.1, -0.05) is 17.3 Å². The Morgan fingerprint density at radius 2 is 1.93 bits per heavy atom. The normalized spacial score (nSPS) is 11.3. The van der Waals surface area contributed by atoms with Crippen LogP contribution in [0, 0.1) is 11.3 Å². The predicted octanol–water partition coefficient (Wildman–Crippen LogP) is 2.49. The highest BCUT2D eigenvalue weighted by molar-refractivity contribution is 5.96. The van der Waals surface area contributed by atoms with Gasteiger partial charge in [-0.15, -0.1) is 0 Å². The number of nitrogens with zero attached hydrogens (tertiary/aromatic N) is 2. The molecule has 0 saturated carbocycles. The minimum absolute atomic E-state index is 0.311. The number of benzene rings is 2. The molecule has 0 aliphatic rings. The maximum Gasteiger partial charge on any atom is 0.347 e. The molecule has 0 aromatic heterocycles. The molecule has 0 unspecified atom stereocenters. The Morgan fingerprint density at radius 1 is 1.21 bits per heavy atom. The van der Waals surface area contributed by atoms with Gasteiger partial charge in [0.1, 0.15) is 11.8 Å². The van der Waals surface area contributed by atoms with Crippen LogP contribution in [-0.2, 0) is 19.2 Å². The summed E-state index contributed by atoms with van der Waals surface area (Å²) >= 11 is 0. The number of amides is 1. The lowest BCUT2D eigenvalue weighted by Crippen LogP contribution is -2.31. The van der Waals surface area contributed by atoms with Crippen LogP contribution in [0.15, 0.2) is 53.7 Å². The second-order valence-electron chi connectivity index (χ2n) is 5.56. The number of anilines is 1. The number of hydrogen-bond donors (Lipinski definition) is 1. The second kappa shape index (κ2) is 10.3. The Bertz CT molecular complexity index is 887. The number of nitrogens with one attached hydrogen (secondary N) is 1. The fourth-order valence-corrected chi connectivity index (χ4v) is 2.09. The zero-order valence-electron chi connectivity index (χ0n) is 15.4. The summed E-state index contributed by atoms with van der Waals surface area (Å²) in [6.07, 6.45) is 0.371. The first-order valence-electron chi connectivity index (χ1n) is 8.32. The van der Waals surface area contributed by atoms with E-state index < -0.39 is 24.6 Å². The monoisotopic (exact) mass is 381 g/mol. The molecule has 1 atom stereocenters. The second-order valence-corrected chi connectivity index (χ2v) is 5.56. The van der Waals surface area contributed by atoms with Crippen LogP contribution < -0.4 is 10.1 Å². The van der Waals surface area contributed by atoms with Gasteiger partial charge in [-0.25, -0.2) is 4.79 Å². The molecule has 1 N–H and O–H groups in total. The SMILES string of the molecule is COc1ccc(/C=N\OCC(=O)O[C@@H](C)C(=O)Nc2ccccc2C#N)cc1. The molecule has 144 valence electrons. The Kier molecular flexibility index (Phi) is 7.54. The average molecular weight is 381 g/mol. The zero-order valence-corrected chi connectivity index (χ0v) is 15.4. The van der Waals surface area contributed by atoms with Crippen LogP contribution in [0.2, 0.25) is 0 Å². The van der Waals surface area contributed by atoms with Crippen LogP contribution in [0.4, 0.5) is 5.69 Å². The van der Waals surface area contributed by atoms with Crippen LogP contribution in [-0.4, -0.2) is 37.9 Å². The largest absolute Gasteiger partial charge is 0.497 e. The number of para-hydroxylation sites is 1. The van der Waals surface area contributed by atoms with E-state index in [1.165, 1.54) is 13.1 Å². The lowest BCUT2D eigenvalue weighted by Gasteiger charge is -2.13. The van der Waals surface area contributed by atoms with E-state index >= 15 is 0 Å². The Morgan fingerprint density at radius 3 is 2.61 bits per heavy atom. The van der Waals surface area contributed by atoms with Crippen molar-refractivity contribution in [2.24, 2.45) is 5.16 Å². The fourth-order valence-electron chi connectivity index (χ4n) is 2.09. The molecule has 28 heavy (non-hydrogen) atoms. The van der Waals surface area contributed by atoms with Crippen molar-refractivity contribution in [3.8, 4) is 11.8 Å². The molecule has 0 radical (unpaired) electrons. The third-order valence-electron chi connectivity index (χ3n) is 3.56. The van der Waals surface area contributed by atoms with E-state index in [1.54, 1.807) is 55.6 Å². The minimum atomic E-state index is -1.06. The third-order valence-corrected chi connectivity index (χ3v) is 3.56. The van der Waals surface area contributed by atoms with Crippen LogP contribution in [0.5, 0.6) is 5.75 Å². The van der Waals surface area contributed by atoms with E-state index in [1.807, 2.05) is 6.07 Å². The third kappa shape index (κ3) is 6.14. The van der Waals surface area contributed by atoms with Gasteiger partial charge in [-0.2, -0.15) is 5.26 Å². The van der Waals surface area contributed by atoms with Gasteiger partial charge in [0.05, 0.1) is 24.6 Å². The zero-order chi connectivity index (χ0) is 20.4. The number of rotatable bonds is 8. The van der Waals surface area contributed by atoms with Crippen molar-refractivity contribution >= 4 is 23.8 Å². The van der Waals surface area contributed by atoms with Crippen LogP contribution in [0.25, 0.3) is 0 Å². The van der Waals surface area contributed by atoms with E-state index in [2.05, 4.69) is 10.5 Å². The molecule has 8 heteroatoms. The predicted molar refractivity (Wildman–Crippen MR) is 102 cm³/mol. The first kappa shape index (κ1) is 20.5. The Balaban J connectivity index is 1.77. The fraction of sp³-hybridized carbons (Fsp3) is 0.200. The van der Waals surface area contributed by atoms with Gasteiger partial charge in [0, 0.05) is 0 Å². The summed E-state index contributed by atoms with van der Waals surface area (Å²) in [7, 11) is 1.57. The van der Waals surface area contributed by atoms with Crippen molar-refractivity contribution < 1.29 is 23.9 Å². The quantitative estimate of drug-likeness (QED) is 0.427. The Hall–Kier alpha value is -3.86. The standard InChI is InChI=1S/C20H19N3O5/c1-14(20(25)23-18-6-4-3-5-16(18)11-21)28-19(24)13-27-22-12-15-7-9-17(26-2)10-8-15/h3-10,12,14H,13H2,1-2H3,(H,23,25)/b22-12-/t14-/m0/s1. The molecule has 0 aliphatic carbocycles. The van der Waals surface area contributed by atoms with Gasteiger partial charge in [-0.05, 0) is 48.9 Å². The molecule has 2 rings (SSSR count). The van der Waals surface area contributed by atoms with Gasteiger partial charge in [0.15, 0.2) is 6.10 Å². The van der Waals surface area contributed by atoms with Crippen molar-refractivity contribution in [3.63, 3.8) is 0 Å². The van der Waals surface area contributed by atoms with Crippen LogP contribution >= 0.6 is 0 Å². The number of oxime groups is 1. The average Bonchev–Trinajstić information content (AvgIpc) is 2.72. The van der Waals surface area contributed by atoms with E-state index in [9.17, 15) is 9.59 Å². The summed E-state index contributed by atoms with van der Waals surface area (Å²) in [4.78, 5) is 28.7. The van der Waals surface area contributed by atoms with Crippen molar-refractivity contribution in [1.29, 1.82) is 5.26 Å². The Labute approximate surface area is 162 Å². The number of methoxy groups -OCH3 is 1. The summed E-state index contributed by atoms with van der Waals surface area (Å²) in [5.74, 6) is -0.591. The summed E-state index contributed by atoms with van der Waals surface area (Å²) in [6, 6.07) is 15.6. The van der Waals surface area contributed by atoms with Crippen LogP contribution in [0.3, 0.4) is 0 Å². The maximum atomic E-state index is 12.1. The molecule has 0 saturated heterocycles. The molecule has 1 amide bonds. The highest BCUT2D eigenvalue weighted by Gasteiger charge is 2.19. The van der Waals surface area contributed by atoms with Crippen LogP contribution in [0.1, 0.15) is 18.1 Å². The minimum Gasteiger partial charge on any atom is -0.497 e. The summed E-state index contributed by atoms with van der Waals surface area (Å²) < 4.78 is 10.0. The molecule has 2 aromatic carbocycles. The van der Waals surface area contributed by atoms with E-state index in [4.69, 9.17) is 19.6 Å². The first-order chi connectivity index (χ1) is 13.5. The number of nitriles is 1. The molecule has 0 spiro atoms. The van der Waals surface area contributed by atoms with Gasteiger partial charge >= 0.3 is 5.97 Å². The molecule has 0 bridgehead atoms. The van der Waals surface area contributed by atoms with Gasteiger partial charge in [0.25, 0.3) is 5.91 Å². The smallest absolute Gasteiger partial charge is 0.347 e. The molecule has 0 fully saturated rings. The van der Waals surface area contributed by atoms with Crippen molar-refractivity contribution in [2.75, 3.05) is 19.0 Å². The van der Waals surface area contributed by atoms with E-state index in [0.29, 0.717) is 17.0 Å². The number of hydrogen-bond acceptors (Lipinski definition) is 7. The highest BCUT2D eigenvalue weighted by Crippen LogP contribution is 2.14. The molecule has 2 aromatic rings. The number of carbonyl (C=O) groups is 2. The lowest BCUT2D eigenvalue weighted by molar-refractivity contribution is -0.157. The maximum absolute atomic E-state index is 12.1. The van der Waals surface area contributed by atoms with E-state index in [0.717, 1.165) is 5.56 Å². The molecule has 0 heterocycles. The number of carbonyl (C=O) groups excluding carboxylic acids is 2. The summed E-state index contributed by atoms with van der Waals surface area (Å²) in [5, 5.41) is 15.2.